The fourth-order valence-electron chi connectivity index (χ4n) is 5.59. The average Bonchev–Trinajstić information content (AvgIpc) is 2.98. The number of halogens is 1. The number of amides is 2. The number of hydrogen-bond acceptors (Lipinski definition) is 7. The number of nitro groups is 1. The first kappa shape index (κ1) is 26.9. The molecule has 0 N–H and O–H groups in total. The number of likely N-dealkylation sites (N-methyl/N-ethyl adjacent to an activating group) is 1. The molecular formula is C29H29FN4O6. The quantitative estimate of drug-likeness (QED) is 0.339. The molecule has 0 bridgehead atoms. The number of piperazine rings is 1. The van der Waals surface area contributed by atoms with Gasteiger partial charge in [-0.25, -0.2) is 4.39 Å². The summed E-state index contributed by atoms with van der Waals surface area (Å²) in [6.45, 7) is 1.79. The summed E-state index contributed by atoms with van der Waals surface area (Å²) in [5.74, 6) is -1.25. The van der Waals surface area contributed by atoms with Gasteiger partial charge in [-0.05, 0) is 35.9 Å². The largest absolute Gasteiger partial charge is 0.493 e. The van der Waals surface area contributed by atoms with Crippen molar-refractivity contribution >= 4 is 23.2 Å². The number of fused-ring (bicyclic) bond motifs is 1. The maximum atomic E-state index is 15.2. The maximum Gasteiger partial charge on any atom is 0.269 e. The number of carbonyl (C=O) groups excluding carboxylic acids is 2. The molecule has 0 spiro atoms. The van der Waals surface area contributed by atoms with Crippen molar-refractivity contribution in [2.45, 2.75) is 12.0 Å². The van der Waals surface area contributed by atoms with Gasteiger partial charge in [0.2, 0.25) is 5.91 Å². The summed E-state index contributed by atoms with van der Waals surface area (Å²) in [5.41, 5.74) is 1.85. The molecule has 2 aliphatic rings. The Morgan fingerprint density at radius 3 is 2.17 bits per heavy atom. The van der Waals surface area contributed by atoms with Crippen LogP contribution in [0.1, 0.15) is 33.4 Å². The lowest BCUT2D eigenvalue weighted by atomic mass is 9.78. The third kappa shape index (κ3) is 4.67. The van der Waals surface area contributed by atoms with Crippen LogP contribution in [0.25, 0.3) is 0 Å². The van der Waals surface area contributed by atoms with E-state index in [9.17, 15) is 19.7 Å². The minimum Gasteiger partial charge on any atom is -0.493 e. The highest BCUT2D eigenvalue weighted by Crippen LogP contribution is 2.47. The summed E-state index contributed by atoms with van der Waals surface area (Å²) in [7, 11) is 4.52. The van der Waals surface area contributed by atoms with Crippen molar-refractivity contribution in [3.63, 3.8) is 0 Å². The van der Waals surface area contributed by atoms with Gasteiger partial charge < -0.3 is 24.2 Å². The minimum absolute atomic E-state index is 0.0124. The van der Waals surface area contributed by atoms with E-state index in [4.69, 9.17) is 9.47 Å². The zero-order chi connectivity index (χ0) is 28.6. The first-order chi connectivity index (χ1) is 19.2. The van der Waals surface area contributed by atoms with Gasteiger partial charge in [0.15, 0.2) is 11.5 Å². The van der Waals surface area contributed by atoms with Gasteiger partial charge in [-0.3, -0.25) is 19.7 Å². The number of methoxy groups -OCH3 is 2. The number of benzene rings is 3. The molecule has 40 heavy (non-hydrogen) atoms. The lowest BCUT2D eigenvalue weighted by Gasteiger charge is -2.43. The molecule has 0 radical (unpaired) electrons. The molecule has 1 saturated heterocycles. The van der Waals surface area contributed by atoms with E-state index in [0.29, 0.717) is 48.8 Å². The molecule has 0 unspecified atom stereocenters. The SMILES string of the molecule is COc1cc2c(cc1OC)[C@H](C(=O)N1CCN(c3ccc([N+](=O)[O-])cc3)CC1)[C@H](c1ccccc1F)N(C)C2=O. The van der Waals surface area contributed by atoms with Crippen LogP contribution in [0, 0.1) is 15.9 Å². The van der Waals surface area contributed by atoms with Crippen LogP contribution in [0.15, 0.2) is 60.7 Å². The fourth-order valence-corrected chi connectivity index (χ4v) is 5.59. The molecule has 3 aromatic rings. The van der Waals surface area contributed by atoms with Crippen molar-refractivity contribution in [2.75, 3.05) is 52.3 Å². The van der Waals surface area contributed by atoms with Gasteiger partial charge in [-0.15, -0.1) is 0 Å². The average molecular weight is 549 g/mol. The number of hydrogen-bond donors (Lipinski definition) is 0. The molecule has 2 heterocycles. The second kappa shape index (κ2) is 10.8. The summed E-state index contributed by atoms with van der Waals surface area (Å²) >= 11 is 0. The maximum absolute atomic E-state index is 15.2. The van der Waals surface area contributed by atoms with Crippen LogP contribution in [0.5, 0.6) is 11.5 Å². The van der Waals surface area contributed by atoms with Crippen LogP contribution in [0.3, 0.4) is 0 Å². The third-order valence-corrected chi connectivity index (χ3v) is 7.68. The molecule has 2 aliphatic heterocycles. The number of nitrogens with zero attached hydrogens (tertiary/aromatic N) is 4. The molecule has 0 aromatic heterocycles. The van der Waals surface area contributed by atoms with E-state index in [0.717, 1.165) is 5.69 Å². The molecule has 208 valence electrons. The van der Waals surface area contributed by atoms with Gasteiger partial charge in [-0.1, -0.05) is 18.2 Å². The van der Waals surface area contributed by atoms with Crippen LogP contribution in [0.2, 0.25) is 0 Å². The van der Waals surface area contributed by atoms with Crippen LogP contribution in [0.4, 0.5) is 15.8 Å². The van der Waals surface area contributed by atoms with Crippen LogP contribution >= 0.6 is 0 Å². The van der Waals surface area contributed by atoms with Crippen molar-refractivity contribution in [1.29, 1.82) is 0 Å². The summed E-state index contributed by atoms with van der Waals surface area (Å²) in [6.07, 6.45) is 0. The predicted molar refractivity (Wildman–Crippen MR) is 145 cm³/mol. The molecule has 0 saturated carbocycles. The highest BCUT2D eigenvalue weighted by Gasteiger charge is 2.46. The molecule has 0 aliphatic carbocycles. The topological polar surface area (TPSA) is 105 Å². The molecule has 3 aromatic carbocycles. The predicted octanol–water partition coefficient (Wildman–Crippen LogP) is 4.01. The van der Waals surface area contributed by atoms with Gasteiger partial charge in [0, 0.05) is 62.2 Å². The Hall–Kier alpha value is -4.67. The lowest BCUT2D eigenvalue weighted by Crippen LogP contribution is -2.53. The van der Waals surface area contributed by atoms with Crippen molar-refractivity contribution in [3.05, 3.63) is 93.3 Å². The normalized spacial score (nSPS) is 18.8. The van der Waals surface area contributed by atoms with Gasteiger partial charge >= 0.3 is 0 Å². The molecule has 10 nitrogen and oxygen atoms in total. The minimum atomic E-state index is -0.889. The Kier molecular flexibility index (Phi) is 7.29. The van der Waals surface area contributed by atoms with Crippen molar-refractivity contribution in [3.8, 4) is 11.5 Å². The van der Waals surface area contributed by atoms with E-state index in [1.165, 1.54) is 37.3 Å². The molecule has 1 fully saturated rings. The first-order valence-electron chi connectivity index (χ1n) is 12.8. The third-order valence-electron chi connectivity index (χ3n) is 7.68. The van der Waals surface area contributed by atoms with E-state index >= 15 is 4.39 Å². The van der Waals surface area contributed by atoms with E-state index in [1.807, 2.05) is 0 Å². The summed E-state index contributed by atoms with van der Waals surface area (Å²) in [4.78, 5) is 43.6. The Bertz CT molecular complexity index is 1460. The van der Waals surface area contributed by atoms with E-state index in [1.54, 1.807) is 54.4 Å². The first-order valence-corrected chi connectivity index (χ1v) is 12.8. The molecule has 2 amide bonds. The number of ether oxygens (including phenoxy) is 2. The highest BCUT2D eigenvalue weighted by molar-refractivity contribution is 6.02. The van der Waals surface area contributed by atoms with Gasteiger partial charge in [-0.2, -0.15) is 0 Å². The molecular weight excluding hydrogens is 519 g/mol. The second-order valence-electron chi connectivity index (χ2n) is 9.74. The zero-order valence-electron chi connectivity index (χ0n) is 22.4. The fraction of sp³-hybridized carbons (Fsp3) is 0.310. The van der Waals surface area contributed by atoms with Gasteiger partial charge in [0.1, 0.15) is 5.82 Å². The van der Waals surface area contributed by atoms with Crippen molar-refractivity contribution in [1.82, 2.24) is 9.80 Å². The van der Waals surface area contributed by atoms with Gasteiger partial charge in [0.05, 0.1) is 31.1 Å². The Morgan fingerprint density at radius 2 is 1.57 bits per heavy atom. The molecule has 5 rings (SSSR count). The van der Waals surface area contributed by atoms with Gasteiger partial charge in [0.25, 0.3) is 11.6 Å². The van der Waals surface area contributed by atoms with Crippen LogP contribution in [-0.2, 0) is 4.79 Å². The summed E-state index contributed by atoms with van der Waals surface area (Å²) in [6, 6.07) is 14.8. The Balaban J connectivity index is 1.50. The monoisotopic (exact) mass is 548 g/mol. The second-order valence-corrected chi connectivity index (χ2v) is 9.74. The highest BCUT2D eigenvalue weighted by atomic mass is 19.1. The van der Waals surface area contributed by atoms with E-state index < -0.39 is 22.7 Å². The molecule has 11 heteroatoms. The smallest absolute Gasteiger partial charge is 0.269 e. The summed E-state index contributed by atoms with van der Waals surface area (Å²) in [5, 5.41) is 11.0. The molecule has 2 atom stereocenters. The van der Waals surface area contributed by atoms with Crippen LogP contribution < -0.4 is 14.4 Å². The van der Waals surface area contributed by atoms with E-state index in [-0.39, 0.29) is 23.1 Å². The Labute approximate surface area is 230 Å². The number of nitro benzene ring substituents is 1. The van der Waals surface area contributed by atoms with Crippen molar-refractivity contribution in [2.24, 2.45) is 0 Å². The Morgan fingerprint density at radius 1 is 0.950 bits per heavy atom. The summed E-state index contributed by atoms with van der Waals surface area (Å²) < 4.78 is 26.1. The lowest BCUT2D eigenvalue weighted by molar-refractivity contribution is -0.384. The zero-order valence-corrected chi connectivity index (χ0v) is 22.4. The standard InChI is InChI=1S/C29H29FN4O6/c1-31-27(20-6-4-5-7-23(20)30)26(21-16-24(39-2)25(40-3)17-22(21)28(31)35)29(36)33-14-12-32(13-15-33)18-8-10-19(11-9-18)34(37)38/h4-11,16-17,26-27H,12-15H2,1-3H3/t26-,27-/m0/s1. The number of rotatable bonds is 6. The van der Waals surface area contributed by atoms with Crippen molar-refractivity contribution < 1.29 is 28.4 Å². The van der Waals surface area contributed by atoms with E-state index in [2.05, 4.69) is 4.90 Å². The number of carbonyl (C=O) groups is 2. The number of anilines is 1. The number of non-ortho nitro benzene ring substituents is 1. The van der Waals surface area contributed by atoms with Crippen LogP contribution in [-0.4, -0.2) is 74.0 Å².